The molecule has 0 saturated heterocycles. The van der Waals surface area contributed by atoms with E-state index in [1.807, 2.05) is 12.1 Å². The molecule has 0 aliphatic heterocycles. The van der Waals surface area contributed by atoms with Gasteiger partial charge in [0, 0.05) is 40.7 Å². The van der Waals surface area contributed by atoms with E-state index in [0.717, 1.165) is 21.8 Å². The van der Waals surface area contributed by atoms with Crippen LogP contribution in [0.25, 0.3) is 10.1 Å². The molecule has 0 amide bonds. The van der Waals surface area contributed by atoms with Crippen molar-refractivity contribution in [2.45, 2.75) is 11.1 Å². The topological polar surface area (TPSA) is 76.1 Å². The summed E-state index contributed by atoms with van der Waals surface area (Å²) in [6.45, 7) is 1.43. The summed E-state index contributed by atoms with van der Waals surface area (Å²) in [5, 5.41) is 0.853. The molecule has 1 atom stereocenters. The zero-order valence-corrected chi connectivity index (χ0v) is 15.7. The number of carbonyl (C=O) groups is 2. The first-order valence-electron chi connectivity index (χ1n) is 7.31. The summed E-state index contributed by atoms with van der Waals surface area (Å²) in [6.07, 6.45) is 3.44. The Kier molecular flexibility index (Phi) is 5.62. The third-order valence-corrected chi connectivity index (χ3v) is 6.61. The van der Waals surface area contributed by atoms with Gasteiger partial charge in [-0.15, -0.1) is 11.3 Å². The number of thioether (sulfide) groups is 1. The van der Waals surface area contributed by atoms with Gasteiger partial charge in [0.25, 0.3) is 0 Å². The largest absolute Gasteiger partial charge is 0.300 e. The maximum atomic E-state index is 12.5. The fourth-order valence-electron chi connectivity index (χ4n) is 2.12. The molecule has 1 aromatic carbocycles. The van der Waals surface area contributed by atoms with Crippen molar-refractivity contribution in [1.82, 2.24) is 4.98 Å². The average molecular weight is 391 g/mol. The molecule has 0 bridgehead atoms. The lowest BCUT2D eigenvalue weighted by Gasteiger charge is -2.06. The monoisotopic (exact) mass is 390 g/mol. The second-order valence-electron chi connectivity index (χ2n) is 5.13. The third kappa shape index (κ3) is 4.53. The maximum absolute atomic E-state index is 12.5. The van der Waals surface area contributed by atoms with E-state index in [9.17, 15) is 13.8 Å². The van der Waals surface area contributed by atoms with Gasteiger partial charge in [-0.05, 0) is 24.3 Å². The van der Waals surface area contributed by atoms with Crippen LogP contribution < -0.4 is 4.72 Å². The van der Waals surface area contributed by atoms with E-state index in [0.29, 0.717) is 15.5 Å². The van der Waals surface area contributed by atoms with Crippen molar-refractivity contribution in [2.24, 2.45) is 0 Å². The molecule has 0 aliphatic rings. The number of nitrogens with one attached hydrogen (secondary N) is 1. The predicted octanol–water partition coefficient (Wildman–Crippen LogP) is 3.89. The smallest absolute Gasteiger partial charge is 0.186 e. The number of hydrogen-bond acceptors (Lipinski definition) is 6. The zero-order chi connectivity index (χ0) is 17.8. The van der Waals surface area contributed by atoms with Crippen LogP contribution in [-0.2, 0) is 15.8 Å². The Morgan fingerprint density at radius 2 is 2.12 bits per heavy atom. The maximum Gasteiger partial charge on any atom is 0.186 e. The normalized spacial score (nSPS) is 12.0. The van der Waals surface area contributed by atoms with Gasteiger partial charge >= 0.3 is 0 Å². The quantitative estimate of drug-likeness (QED) is 0.646. The van der Waals surface area contributed by atoms with Crippen LogP contribution in [0.5, 0.6) is 0 Å². The number of thiophene rings is 1. The van der Waals surface area contributed by atoms with Crippen molar-refractivity contribution in [2.75, 3.05) is 10.5 Å². The number of rotatable bonds is 6. The lowest BCUT2D eigenvalue weighted by molar-refractivity contribution is -0.109. The number of fused-ring (bicyclic) bond motifs is 1. The number of pyridine rings is 1. The number of Topliss-reactive ketones (excluding diaryl/α,β-unsaturated/α-hetero) is 1. The van der Waals surface area contributed by atoms with Crippen molar-refractivity contribution in [3.05, 3.63) is 54.4 Å². The Labute approximate surface area is 155 Å². The number of benzene rings is 1. The second kappa shape index (κ2) is 7.90. The van der Waals surface area contributed by atoms with Gasteiger partial charge in [-0.25, -0.2) is 4.21 Å². The first-order chi connectivity index (χ1) is 12.0. The van der Waals surface area contributed by atoms with E-state index < -0.39 is 11.0 Å². The molecule has 2 heterocycles. The lowest BCUT2D eigenvalue weighted by atomic mass is 10.1. The highest BCUT2D eigenvalue weighted by Gasteiger charge is 2.12. The van der Waals surface area contributed by atoms with Gasteiger partial charge in [0.1, 0.15) is 4.21 Å². The molecule has 128 valence electrons. The number of anilines is 1. The van der Waals surface area contributed by atoms with Gasteiger partial charge in [-0.1, -0.05) is 23.9 Å². The van der Waals surface area contributed by atoms with Gasteiger partial charge in [-0.3, -0.25) is 14.6 Å². The number of hydrogen-bond donors (Lipinski definition) is 1. The Hall–Kier alpha value is -2.03. The molecular weight excluding hydrogens is 376 g/mol. The molecule has 2 aromatic heterocycles. The third-order valence-electron chi connectivity index (χ3n) is 3.28. The number of carbonyl (C=O) groups excluding carboxylic acids is 2. The molecular formula is C17H14N2O3S3. The van der Waals surface area contributed by atoms with Crippen molar-refractivity contribution < 1.29 is 13.8 Å². The highest BCUT2D eigenvalue weighted by Crippen LogP contribution is 2.28. The molecule has 8 heteroatoms. The van der Waals surface area contributed by atoms with Crippen LogP contribution in [0.4, 0.5) is 5.69 Å². The number of ketones is 1. The molecule has 3 rings (SSSR count). The van der Waals surface area contributed by atoms with Crippen molar-refractivity contribution in [3.63, 3.8) is 0 Å². The van der Waals surface area contributed by atoms with Gasteiger partial charge in [0.15, 0.2) is 21.9 Å². The summed E-state index contributed by atoms with van der Waals surface area (Å²) >= 11 is 2.42. The summed E-state index contributed by atoms with van der Waals surface area (Å²) in [6, 6.07) is 10.5. The first kappa shape index (κ1) is 17.8. The molecule has 3 aromatic rings. The predicted molar refractivity (Wildman–Crippen MR) is 104 cm³/mol. The van der Waals surface area contributed by atoms with Crippen LogP contribution in [0.3, 0.4) is 0 Å². The zero-order valence-electron chi connectivity index (χ0n) is 13.2. The molecule has 25 heavy (non-hydrogen) atoms. The molecule has 1 unspecified atom stereocenters. The first-order valence-corrected chi connectivity index (χ1v) is 10.3. The van der Waals surface area contributed by atoms with Crippen molar-refractivity contribution >= 4 is 60.8 Å². The molecule has 0 saturated carbocycles. The summed E-state index contributed by atoms with van der Waals surface area (Å²) in [5.74, 6) is -0.0341. The molecule has 5 nitrogen and oxygen atoms in total. The Morgan fingerprint density at radius 1 is 1.28 bits per heavy atom. The highest BCUT2D eigenvalue weighted by atomic mass is 32.2. The van der Waals surface area contributed by atoms with Gasteiger partial charge in [0.2, 0.25) is 0 Å². The average Bonchev–Trinajstić information content (AvgIpc) is 3.04. The standard InChI is InChI=1S/C17H14N2O3S3/c1-11(20)23-10-15(21)12-3-2-4-14(7-12)19-25(22)17-8-13-9-18-6-5-16(13)24-17/h2-9,19H,10H2,1H3. The molecule has 0 radical (unpaired) electrons. The van der Waals surface area contributed by atoms with E-state index in [-0.39, 0.29) is 16.7 Å². The Morgan fingerprint density at radius 3 is 2.88 bits per heavy atom. The SMILES string of the molecule is CC(=O)SCC(=O)c1cccc(NS(=O)c2cc3cnccc3s2)c1. The van der Waals surface area contributed by atoms with Crippen molar-refractivity contribution in [1.29, 1.82) is 0 Å². The molecule has 0 aliphatic carbocycles. The van der Waals surface area contributed by atoms with Gasteiger partial charge in [0.05, 0.1) is 5.75 Å². The van der Waals surface area contributed by atoms with Crippen LogP contribution in [-0.4, -0.2) is 25.8 Å². The Bertz CT molecular complexity index is 935. The van der Waals surface area contributed by atoms with Crippen LogP contribution in [0.15, 0.2) is 53.0 Å². The van der Waals surface area contributed by atoms with E-state index in [4.69, 9.17) is 0 Å². The minimum Gasteiger partial charge on any atom is -0.300 e. The van der Waals surface area contributed by atoms with Crippen LogP contribution in [0.2, 0.25) is 0 Å². The van der Waals surface area contributed by atoms with Crippen LogP contribution >= 0.6 is 23.1 Å². The minimum atomic E-state index is -1.43. The van der Waals surface area contributed by atoms with Crippen LogP contribution in [0, 0.1) is 0 Å². The van der Waals surface area contributed by atoms with E-state index in [2.05, 4.69) is 9.71 Å². The molecule has 1 N–H and O–H groups in total. The summed E-state index contributed by atoms with van der Waals surface area (Å²) in [7, 11) is -1.43. The summed E-state index contributed by atoms with van der Waals surface area (Å²) < 4.78 is 17.2. The molecule has 0 spiro atoms. The van der Waals surface area contributed by atoms with E-state index >= 15 is 0 Å². The van der Waals surface area contributed by atoms with Crippen LogP contribution in [0.1, 0.15) is 17.3 Å². The fourth-order valence-corrected chi connectivity index (χ4v) is 4.75. The van der Waals surface area contributed by atoms with E-state index in [1.165, 1.54) is 18.3 Å². The highest BCUT2D eigenvalue weighted by molar-refractivity contribution is 8.14. The van der Waals surface area contributed by atoms with Gasteiger partial charge in [-0.2, -0.15) is 0 Å². The fraction of sp³-hybridized carbons (Fsp3) is 0.118. The van der Waals surface area contributed by atoms with E-state index in [1.54, 1.807) is 36.7 Å². The second-order valence-corrected chi connectivity index (χ2v) is 8.81. The number of aromatic nitrogens is 1. The summed E-state index contributed by atoms with van der Waals surface area (Å²) in [4.78, 5) is 27.1. The summed E-state index contributed by atoms with van der Waals surface area (Å²) in [5.41, 5.74) is 1.07. The molecule has 0 fully saturated rings. The minimum absolute atomic E-state index is 0.0945. The lowest BCUT2D eigenvalue weighted by Crippen LogP contribution is -2.07. The van der Waals surface area contributed by atoms with Gasteiger partial charge < -0.3 is 4.72 Å². The van der Waals surface area contributed by atoms with Crippen molar-refractivity contribution in [3.8, 4) is 0 Å². The Balaban J connectivity index is 1.74. The number of nitrogens with zero attached hydrogens (tertiary/aromatic N) is 1.